The van der Waals surface area contributed by atoms with Crippen molar-refractivity contribution in [2.45, 2.75) is 46.8 Å². The second-order valence-electron chi connectivity index (χ2n) is 5.96. The Balaban J connectivity index is 2.18. The average Bonchev–Trinajstić information content (AvgIpc) is 2.29. The normalized spacial score (nSPS) is 24.5. The average molecular weight is 242 g/mol. The van der Waals surface area contributed by atoms with E-state index in [1.54, 1.807) is 0 Å². The molecule has 0 aliphatic carbocycles. The van der Waals surface area contributed by atoms with E-state index in [0.717, 1.165) is 44.6 Å². The topological polar surface area (TPSA) is 24.5 Å². The Hall–Kier alpha value is -0.120. The summed E-state index contributed by atoms with van der Waals surface area (Å²) in [6.45, 7) is 16.5. The second kappa shape index (κ2) is 7.34. The molecule has 0 aromatic carbocycles. The van der Waals surface area contributed by atoms with E-state index in [2.05, 4.69) is 44.8 Å². The lowest BCUT2D eigenvalue weighted by Gasteiger charge is -2.35. The van der Waals surface area contributed by atoms with Crippen molar-refractivity contribution >= 4 is 0 Å². The third-order valence-corrected chi connectivity index (χ3v) is 3.88. The van der Waals surface area contributed by atoms with Crippen LogP contribution in [-0.4, -0.2) is 49.8 Å². The minimum atomic E-state index is 0.366. The molecule has 17 heavy (non-hydrogen) atoms. The van der Waals surface area contributed by atoms with Gasteiger partial charge in [0, 0.05) is 25.7 Å². The van der Waals surface area contributed by atoms with Gasteiger partial charge in [0.25, 0.3) is 0 Å². The molecule has 0 aromatic rings. The van der Waals surface area contributed by atoms with Crippen LogP contribution in [0.5, 0.6) is 0 Å². The first-order valence-electron chi connectivity index (χ1n) is 7.07. The standard InChI is InChI=1S/C14H30N2O/c1-11(2)13(5)8-15-9-14-10-16(12(3)4)6-7-17-14/h11-15H,6-10H2,1-5H3. The molecular formula is C14H30N2O. The van der Waals surface area contributed by atoms with Crippen molar-refractivity contribution in [3.63, 3.8) is 0 Å². The molecule has 1 aliphatic rings. The summed E-state index contributed by atoms with van der Waals surface area (Å²) in [6, 6.07) is 0.635. The lowest BCUT2D eigenvalue weighted by molar-refractivity contribution is -0.0374. The first kappa shape index (κ1) is 14.9. The van der Waals surface area contributed by atoms with Gasteiger partial charge >= 0.3 is 0 Å². The summed E-state index contributed by atoms with van der Waals surface area (Å²) in [4.78, 5) is 2.50. The van der Waals surface area contributed by atoms with Gasteiger partial charge in [-0.05, 0) is 32.2 Å². The molecule has 3 nitrogen and oxygen atoms in total. The SMILES string of the molecule is CC(C)C(C)CNCC1CN(C(C)C)CCO1. The number of hydrogen-bond donors (Lipinski definition) is 1. The molecule has 0 spiro atoms. The van der Waals surface area contributed by atoms with E-state index in [1.165, 1.54) is 0 Å². The van der Waals surface area contributed by atoms with Crippen molar-refractivity contribution in [3.8, 4) is 0 Å². The van der Waals surface area contributed by atoms with Crippen LogP contribution in [0.3, 0.4) is 0 Å². The van der Waals surface area contributed by atoms with E-state index in [0.29, 0.717) is 12.1 Å². The fourth-order valence-electron chi connectivity index (χ4n) is 2.04. The zero-order chi connectivity index (χ0) is 12.8. The molecule has 1 rings (SSSR count). The monoisotopic (exact) mass is 242 g/mol. The highest BCUT2D eigenvalue weighted by Gasteiger charge is 2.21. The second-order valence-corrected chi connectivity index (χ2v) is 5.96. The number of morpholine rings is 1. The number of nitrogens with zero attached hydrogens (tertiary/aromatic N) is 1. The Morgan fingerprint density at radius 1 is 1.24 bits per heavy atom. The summed E-state index contributed by atoms with van der Waals surface area (Å²) in [5.74, 6) is 1.49. The molecular weight excluding hydrogens is 212 g/mol. The van der Waals surface area contributed by atoms with E-state index in [9.17, 15) is 0 Å². The molecule has 1 saturated heterocycles. The fourth-order valence-corrected chi connectivity index (χ4v) is 2.04. The van der Waals surface area contributed by atoms with E-state index < -0.39 is 0 Å². The molecule has 0 aromatic heterocycles. The van der Waals surface area contributed by atoms with Gasteiger partial charge in [-0.25, -0.2) is 0 Å². The summed E-state index contributed by atoms with van der Waals surface area (Å²) >= 11 is 0. The van der Waals surface area contributed by atoms with Crippen molar-refractivity contribution < 1.29 is 4.74 Å². The summed E-state index contributed by atoms with van der Waals surface area (Å²) in [6.07, 6.45) is 0.366. The zero-order valence-electron chi connectivity index (χ0n) is 12.2. The van der Waals surface area contributed by atoms with E-state index in [4.69, 9.17) is 4.74 Å². The number of hydrogen-bond acceptors (Lipinski definition) is 3. The number of rotatable bonds is 6. The third kappa shape index (κ3) is 5.36. The maximum absolute atomic E-state index is 5.80. The lowest BCUT2D eigenvalue weighted by Crippen LogP contribution is -2.49. The van der Waals surface area contributed by atoms with Crippen LogP contribution in [0.25, 0.3) is 0 Å². The Kier molecular flexibility index (Phi) is 6.45. The van der Waals surface area contributed by atoms with Crippen LogP contribution >= 0.6 is 0 Å². The van der Waals surface area contributed by atoms with Crippen LogP contribution in [0.2, 0.25) is 0 Å². The van der Waals surface area contributed by atoms with Crippen molar-refractivity contribution in [1.29, 1.82) is 0 Å². The molecule has 2 atom stereocenters. The Morgan fingerprint density at radius 2 is 1.94 bits per heavy atom. The fraction of sp³-hybridized carbons (Fsp3) is 1.00. The van der Waals surface area contributed by atoms with Gasteiger partial charge < -0.3 is 10.1 Å². The van der Waals surface area contributed by atoms with Gasteiger partial charge in [-0.3, -0.25) is 4.90 Å². The van der Waals surface area contributed by atoms with Crippen LogP contribution < -0.4 is 5.32 Å². The molecule has 1 fully saturated rings. The first-order chi connectivity index (χ1) is 8.00. The van der Waals surface area contributed by atoms with Crippen LogP contribution in [-0.2, 0) is 4.74 Å². The van der Waals surface area contributed by atoms with Gasteiger partial charge in [0.15, 0.2) is 0 Å². The summed E-state index contributed by atoms with van der Waals surface area (Å²) in [5.41, 5.74) is 0. The summed E-state index contributed by atoms with van der Waals surface area (Å²) < 4.78 is 5.80. The van der Waals surface area contributed by atoms with Gasteiger partial charge in [0.2, 0.25) is 0 Å². The molecule has 0 bridgehead atoms. The largest absolute Gasteiger partial charge is 0.374 e. The number of nitrogens with one attached hydrogen (secondary N) is 1. The Bertz CT molecular complexity index is 206. The van der Waals surface area contributed by atoms with Gasteiger partial charge in [-0.2, -0.15) is 0 Å². The molecule has 0 amide bonds. The molecule has 1 N–H and O–H groups in total. The van der Waals surface area contributed by atoms with E-state index >= 15 is 0 Å². The van der Waals surface area contributed by atoms with Crippen LogP contribution in [0.15, 0.2) is 0 Å². The Morgan fingerprint density at radius 3 is 2.53 bits per heavy atom. The Labute approximate surface area is 107 Å². The van der Waals surface area contributed by atoms with Crippen molar-refractivity contribution in [3.05, 3.63) is 0 Å². The van der Waals surface area contributed by atoms with Gasteiger partial charge in [0.05, 0.1) is 12.7 Å². The maximum Gasteiger partial charge on any atom is 0.0826 e. The minimum Gasteiger partial charge on any atom is -0.374 e. The van der Waals surface area contributed by atoms with E-state index in [1.807, 2.05) is 0 Å². The molecule has 0 radical (unpaired) electrons. The molecule has 102 valence electrons. The quantitative estimate of drug-likeness (QED) is 0.771. The molecule has 2 unspecified atom stereocenters. The summed E-state index contributed by atoms with van der Waals surface area (Å²) in [7, 11) is 0. The van der Waals surface area contributed by atoms with Gasteiger partial charge in [-0.15, -0.1) is 0 Å². The summed E-state index contributed by atoms with van der Waals surface area (Å²) in [5, 5.41) is 3.54. The maximum atomic E-state index is 5.80. The predicted molar refractivity (Wildman–Crippen MR) is 73.3 cm³/mol. The molecule has 3 heteroatoms. The zero-order valence-corrected chi connectivity index (χ0v) is 12.2. The van der Waals surface area contributed by atoms with Crippen molar-refractivity contribution in [2.75, 3.05) is 32.8 Å². The third-order valence-electron chi connectivity index (χ3n) is 3.88. The number of ether oxygens (including phenoxy) is 1. The smallest absolute Gasteiger partial charge is 0.0826 e. The van der Waals surface area contributed by atoms with Gasteiger partial charge in [0.1, 0.15) is 0 Å². The van der Waals surface area contributed by atoms with Crippen LogP contribution in [0.4, 0.5) is 0 Å². The van der Waals surface area contributed by atoms with Crippen molar-refractivity contribution in [1.82, 2.24) is 10.2 Å². The molecule has 1 heterocycles. The van der Waals surface area contributed by atoms with Gasteiger partial charge in [-0.1, -0.05) is 20.8 Å². The lowest BCUT2D eigenvalue weighted by atomic mass is 9.98. The highest BCUT2D eigenvalue weighted by atomic mass is 16.5. The molecule has 0 saturated carbocycles. The highest BCUT2D eigenvalue weighted by molar-refractivity contribution is 4.76. The van der Waals surface area contributed by atoms with E-state index in [-0.39, 0.29) is 0 Å². The minimum absolute atomic E-state index is 0.366. The molecule has 1 aliphatic heterocycles. The highest BCUT2D eigenvalue weighted by Crippen LogP contribution is 2.10. The van der Waals surface area contributed by atoms with Crippen LogP contribution in [0, 0.1) is 11.8 Å². The van der Waals surface area contributed by atoms with Crippen molar-refractivity contribution in [2.24, 2.45) is 11.8 Å². The van der Waals surface area contributed by atoms with Crippen LogP contribution in [0.1, 0.15) is 34.6 Å². The first-order valence-corrected chi connectivity index (χ1v) is 7.07. The predicted octanol–water partition coefficient (Wildman–Crippen LogP) is 1.98.